The van der Waals surface area contributed by atoms with E-state index in [-0.39, 0.29) is 11.0 Å². The van der Waals surface area contributed by atoms with E-state index >= 15 is 0 Å². The van der Waals surface area contributed by atoms with Gasteiger partial charge in [-0.25, -0.2) is 4.98 Å². The molecule has 0 aliphatic carbocycles. The molecular weight excluding hydrogens is 295 g/mol. The van der Waals surface area contributed by atoms with Gasteiger partial charge >= 0.3 is 6.36 Å². The number of aromatic nitrogens is 1. The minimum Gasteiger partial charge on any atom is -0.503 e. The Balaban J connectivity index is 3.11. The number of ether oxygens (including phenoxy) is 1. The van der Waals surface area contributed by atoms with Crippen molar-refractivity contribution in [3.05, 3.63) is 17.3 Å². The molecular formula is C8H7BrF3NO3. The molecule has 1 heterocycles. The van der Waals surface area contributed by atoms with Crippen molar-refractivity contribution < 1.29 is 28.1 Å². The number of hydrogen-bond acceptors (Lipinski definition) is 4. The van der Waals surface area contributed by atoms with Crippen molar-refractivity contribution in [2.24, 2.45) is 0 Å². The Morgan fingerprint density at radius 2 is 2.06 bits per heavy atom. The molecule has 1 rings (SSSR count). The van der Waals surface area contributed by atoms with Crippen LogP contribution in [0.15, 0.2) is 6.07 Å². The fourth-order valence-electron chi connectivity index (χ4n) is 0.999. The first-order chi connectivity index (χ1) is 7.37. The first-order valence-corrected chi connectivity index (χ1v) is 5.14. The second-order valence-electron chi connectivity index (χ2n) is 2.76. The lowest BCUT2D eigenvalue weighted by Gasteiger charge is -2.12. The Hall–Kier alpha value is -1.02. The molecule has 0 radical (unpaired) electrons. The Morgan fingerprint density at radius 1 is 1.44 bits per heavy atom. The topological polar surface area (TPSA) is 62.6 Å². The molecule has 2 N–H and O–H groups in total. The van der Waals surface area contributed by atoms with E-state index in [1.807, 2.05) is 0 Å². The summed E-state index contributed by atoms with van der Waals surface area (Å²) in [6.07, 6.45) is -4.94. The summed E-state index contributed by atoms with van der Waals surface area (Å²) < 4.78 is 39.2. The second kappa shape index (κ2) is 4.88. The van der Waals surface area contributed by atoms with Crippen molar-refractivity contribution in [1.82, 2.24) is 4.98 Å². The van der Waals surface area contributed by atoms with Crippen LogP contribution in [-0.2, 0) is 11.9 Å². The number of rotatable bonds is 3. The highest BCUT2D eigenvalue weighted by Crippen LogP contribution is 2.31. The molecule has 0 unspecified atom stereocenters. The molecule has 4 nitrogen and oxygen atoms in total. The van der Waals surface area contributed by atoms with Crippen LogP contribution in [0.25, 0.3) is 0 Å². The van der Waals surface area contributed by atoms with E-state index < -0.39 is 24.6 Å². The van der Waals surface area contributed by atoms with Gasteiger partial charge in [-0.3, -0.25) is 0 Å². The zero-order chi connectivity index (χ0) is 12.3. The predicted molar refractivity (Wildman–Crippen MR) is 51.1 cm³/mol. The highest BCUT2D eigenvalue weighted by atomic mass is 79.9. The molecule has 0 aromatic carbocycles. The number of nitrogens with zero attached hydrogens (tertiary/aromatic N) is 1. The molecule has 0 saturated carbocycles. The second-order valence-corrected chi connectivity index (χ2v) is 3.32. The molecule has 90 valence electrons. The number of aliphatic hydroxyl groups excluding tert-OH is 1. The summed E-state index contributed by atoms with van der Waals surface area (Å²) in [4.78, 5) is 3.37. The minimum absolute atomic E-state index is 0.00826. The monoisotopic (exact) mass is 301 g/mol. The Morgan fingerprint density at radius 3 is 2.50 bits per heavy atom. The molecule has 0 aliphatic rings. The Bertz CT molecular complexity index is 384. The molecule has 0 spiro atoms. The average Bonchev–Trinajstić information content (AvgIpc) is 2.18. The summed E-state index contributed by atoms with van der Waals surface area (Å²) in [7, 11) is 0. The normalized spacial score (nSPS) is 11.6. The standard InChI is InChI=1S/C8H7BrF3NO3/c9-2-4-1-6(15)7(13-5(4)3-14)16-8(10,11)12/h1,14-15H,2-3H2. The lowest BCUT2D eigenvalue weighted by Crippen LogP contribution is -2.18. The lowest BCUT2D eigenvalue weighted by molar-refractivity contribution is -0.276. The van der Waals surface area contributed by atoms with Crippen LogP contribution in [0.1, 0.15) is 11.3 Å². The first kappa shape index (κ1) is 13.0. The maximum atomic E-state index is 11.9. The quantitative estimate of drug-likeness (QED) is 0.839. The zero-order valence-electron chi connectivity index (χ0n) is 7.75. The van der Waals surface area contributed by atoms with Gasteiger partial charge in [0.2, 0.25) is 0 Å². The highest BCUT2D eigenvalue weighted by Gasteiger charge is 2.33. The van der Waals surface area contributed by atoms with Gasteiger partial charge in [0.15, 0.2) is 5.75 Å². The van der Waals surface area contributed by atoms with Crippen molar-refractivity contribution in [2.75, 3.05) is 0 Å². The van der Waals surface area contributed by atoms with Crippen molar-refractivity contribution in [3.63, 3.8) is 0 Å². The van der Waals surface area contributed by atoms with Crippen LogP contribution in [0.3, 0.4) is 0 Å². The number of alkyl halides is 4. The predicted octanol–water partition coefficient (Wildman–Crippen LogP) is 2.07. The number of pyridine rings is 1. The van der Waals surface area contributed by atoms with Gasteiger partial charge in [0.25, 0.3) is 5.88 Å². The molecule has 0 atom stereocenters. The summed E-state index contributed by atoms with van der Waals surface area (Å²) in [6, 6.07) is 1.05. The molecule has 0 bridgehead atoms. The van der Waals surface area contributed by atoms with Crippen molar-refractivity contribution in [2.45, 2.75) is 18.3 Å². The molecule has 0 fully saturated rings. The molecule has 16 heavy (non-hydrogen) atoms. The largest absolute Gasteiger partial charge is 0.574 e. The van der Waals surface area contributed by atoms with Crippen LogP contribution in [-0.4, -0.2) is 21.6 Å². The van der Waals surface area contributed by atoms with Crippen LogP contribution in [0.4, 0.5) is 13.2 Å². The molecule has 1 aromatic rings. The van der Waals surface area contributed by atoms with Crippen molar-refractivity contribution in [3.8, 4) is 11.6 Å². The molecule has 0 saturated heterocycles. The highest BCUT2D eigenvalue weighted by molar-refractivity contribution is 9.08. The van der Waals surface area contributed by atoms with Crippen LogP contribution < -0.4 is 4.74 Å². The minimum atomic E-state index is -4.94. The van der Waals surface area contributed by atoms with Gasteiger partial charge in [-0.05, 0) is 11.6 Å². The summed E-state index contributed by atoms with van der Waals surface area (Å²) in [5, 5.41) is 18.3. The van der Waals surface area contributed by atoms with Gasteiger partial charge in [0.05, 0.1) is 12.3 Å². The lowest BCUT2D eigenvalue weighted by atomic mass is 10.2. The van der Waals surface area contributed by atoms with Crippen LogP contribution in [0.2, 0.25) is 0 Å². The van der Waals surface area contributed by atoms with E-state index in [9.17, 15) is 18.3 Å². The third-order valence-electron chi connectivity index (χ3n) is 1.64. The van der Waals surface area contributed by atoms with Crippen LogP contribution >= 0.6 is 15.9 Å². The number of aliphatic hydroxyl groups is 1. The molecule has 0 amide bonds. The summed E-state index contributed by atoms with van der Waals surface area (Å²) in [6.45, 7) is -0.546. The van der Waals surface area contributed by atoms with E-state index in [4.69, 9.17) is 5.11 Å². The van der Waals surface area contributed by atoms with E-state index in [2.05, 4.69) is 25.7 Å². The third-order valence-corrected chi connectivity index (χ3v) is 2.25. The number of aromatic hydroxyl groups is 1. The van der Waals surface area contributed by atoms with Gasteiger partial charge in [0, 0.05) is 5.33 Å². The van der Waals surface area contributed by atoms with E-state index in [1.54, 1.807) is 0 Å². The van der Waals surface area contributed by atoms with Gasteiger partial charge in [-0.15, -0.1) is 13.2 Å². The smallest absolute Gasteiger partial charge is 0.503 e. The Labute approximate surface area is 96.8 Å². The van der Waals surface area contributed by atoms with Crippen LogP contribution in [0.5, 0.6) is 11.6 Å². The maximum Gasteiger partial charge on any atom is 0.574 e. The maximum absolute atomic E-state index is 11.9. The van der Waals surface area contributed by atoms with Crippen LogP contribution in [0, 0.1) is 0 Å². The average molecular weight is 302 g/mol. The molecule has 8 heteroatoms. The first-order valence-electron chi connectivity index (χ1n) is 4.01. The van der Waals surface area contributed by atoms with Gasteiger partial charge < -0.3 is 14.9 Å². The van der Waals surface area contributed by atoms with E-state index in [0.29, 0.717) is 5.56 Å². The Kier molecular flexibility index (Phi) is 3.98. The summed E-state index contributed by atoms with van der Waals surface area (Å²) in [5.74, 6) is -1.70. The molecule has 1 aromatic heterocycles. The SMILES string of the molecule is OCc1nc(OC(F)(F)F)c(O)cc1CBr. The third kappa shape index (κ3) is 3.24. The summed E-state index contributed by atoms with van der Waals surface area (Å²) in [5.41, 5.74) is 0.392. The fourth-order valence-corrected chi connectivity index (χ4v) is 1.48. The van der Waals surface area contributed by atoms with Crippen molar-refractivity contribution in [1.29, 1.82) is 0 Å². The van der Waals surface area contributed by atoms with Gasteiger partial charge in [-0.1, -0.05) is 15.9 Å². The number of hydrogen-bond donors (Lipinski definition) is 2. The zero-order valence-corrected chi connectivity index (χ0v) is 9.34. The van der Waals surface area contributed by atoms with E-state index in [0.717, 1.165) is 6.07 Å². The van der Waals surface area contributed by atoms with Gasteiger partial charge in [0.1, 0.15) is 0 Å². The van der Waals surface area contributed by atoms with E-state index in [1.165, 1.54) is 0 Å². The molecule has 0 aliphatic heterocycles. The van der Waals surface area contributed by atoms with Gasteiger partial charge in [-0.2, -0.15) is 0 Å². The summed E-state index contributed by atoms with van der Waals surface area (Å²) >= 11 is 3.04. The fraction of sp³-hybridized carbons (Fsp3) is 0.375. The number of halogens is 4. The van der Waals surface area contributed by atoms with Crippen molar-refractivity contribution >= 4 is 15.9 Å².